The third kappa shape index (κ3) is 3.14. The van der Waals surface area contributed by atoms with Gasteiger partial charge in [0.05, 0.1) is 14.2 Å². The summed E-state index contributed by atoms with van der Waals surface area (Å²) in [6.45, 7) is 0.667. The number of rotatable bonds is 5. The van der Waals surface area contributed by atoms with Crippen LogP contribution in [0.4, 0.5) is 0 Å². The van der Waals surface area contributed by atoms with E-state index < -0.39 is 7.12 Å². The molecule has 0 bridgehead atoms. The fourth-order valence-electron chi connectivity index (χ4n) is 3.46. The van der Waals surface area contributed by atoms with Crippen molar-refractivity contribution in [1.82, 2.24) is 4.57 Å². The predicted molar refractivity (Wildman–Crippen MR) is 108 cm³/mol. The van der Waals surface area contributed by atoms with Crippen molar-refractivity contribution in [3.63, 3.8) is 0 Å². The van der Waals surface area contributed by atoms with E-state index in [4.69, 9.17) is 9.47 Å². The number of methoxy groups -OCH3 is 2. The largest absolute Gasteiger partial charge is 0.497 e. The molecule has 0 saturated heterocycles. The molecule has 0 amide bonds. The Balaban J connectivity index is 1.87. The van der Waals surface area contributed by atoms with Crippen LogP contribution in [0.2, 0.25) is 0 Å². The standard InChI is InChI=1S/C21H20BNO4/c1-26-16-7-9-20-18(11-16)19-12-17(27-2)8-10-21(19)23(20)13-14-3-5-15(6-4-14)22(24)25/h3-12,24-25H,13H2,1-2H3. The quantitative estimate of drug-likeness (QED) is 0.537. The van der Waals surface area contributed by atoms with Crippen LogP contribution in [-0.4, -0.2) is 36.0 Å². The predicted octanol–water partition coefficient (Wildman–Crippen LogP) is 2.54. The molecule has 27 heavy (non-hydrogen) atoms. The summed E-state index contributed by atoms with van der Waals surface area (Å²) in [5.74, 6) is 1.62. The lowest BCUT2D eigenvalue weighted by molar-refractivity contribution is 0.415. The highest BCUT2D eigenvalue weighted by molar-refractivity contribution is 6.58. The van der Waals surface area contributed by atoms with E-state index in [1.165, 1.54) is 0 Å². The lowest BCUT2D eigenvalue weighted by atomic mass is 9.80. The first kappa shape index (κ1) is 17.5. The van der Waals surface area contributed by atoms with Gasteiger partial charge in [-0.1, -0.05) is 24.3 Å². The molecule has 0 aliphatic rings. The van der Waals surface area contributed by atoms with Crippen LogP contribution in [0.1, 0.15) is 5.56 Å². The highest BCUT2D eigenvalue weighted by Gasteiger charge is 2.14. The summed E-state index contributed by atoms with van der Waals surface area (Å²) < 4.78 is 13.1. The maximum atomic E-state index is 9.28. The van der Waals surface area contributed by atoms with Gasteiger partial charge in [0, 0.05) is 28.4 Å². The number of hydrogen-bond acceptors (Lipinski definition) is 4. The number of hydrogen-bond donors (Lipinski definition) is 2. The molecule has 0 radical (unpaired) electrons. The maximum Gasteiger partial charge on any atom is 0.488 e. The minimum atomic E-state index is -1.45. The van der Waals surface area contributed by atoms with Crippen LogP contribution >= 0.6 is 0 Å². The molecular weight excluding hydrogens is 341 g/mol. The number of ether oxygens (including phenoxy) is 2. The first-order valence-electron chi connectivity index (χ1n) is 8.69. The SMILES string of the molecule is COc1ccc2c(c1)c1cc(OC)ccc1n2Cc1ccc(B(O)O)cc1. The Morgan fingerprint density at radius 3 is 1.74 bits per heavy atom. The summed E-state index contributed by atoms with van der Waals surface area (Å²) in [7, 11) is 1.88. The minimum Gasteiger partial charge on any atom is -0.497 e. The van der Waals surface area contributed by atoms with Crippen molar-refractivity contribution in [3.8, 4) is 11.5 Å². The maximum absolute atomic E-state index is 9.28. The molecule has 0 fully saturated rings. The number of aromatic nitrogens is 1. The zero-order valence-corrected chi connectivity index (χ0v) is 15.2. The van der Waals surface area contributed by atoms with Gasteiger partial charge >= 0.3 is 7.12 Å². The van der Waals surface area contributed by atoms with Crippen molar-refractivity contribution < 1.29 is 19.5 Å². The number of fused-ring (bicyclic) bond motifs is 3. The van der Waals surface area contributed by atoms with E-state index in [9.17, 15) is 10.0 Å². The summed E-state index contributed by atoms with van der Waals surface area (Å²) in [5, 5.41) is 20.8. The fourth-order valence-corrected chi connectivity index (χ4v) is 3.46. The van der Waals surface area contributed by atoms with Crippen molar-refractivity contribution in [2.75, 3.05) is 14.2 Å². The summed E-state index contributed by atoms with van der Waals surface area (Å²) in [4.78, 5) is 0. The molecule has 0 saturated carbocycles. The van der Waals surface area contributed by atoms with E-state index in [0.717, 1.165) is 38.9 Å². The van der Waals surface area contributed by atoms with Crippen LogP contribution < -0.4 is 14.9 Å². The summed E-state index contributed by atoms with van der Waals surface area (Å²) >= 11 is 0. The highest BCUT2D eigenvalue weighted by atomic mass is 16.5. The van der Waals surface area contributed by atoms with Gasteiger partial charge in [-0.15, -0.1) is 0 Å². The molecule has 3 aromatic carbocycles. The second-order valence-electron chi connectivity index (χ2n) is 6.47. The highest BCUT2D eigenvalue weighted by Crippen LogP contribution is 2.34. The van der Waals surface area contributed by atoms with Gasteiger partial charge in [-0.3, -0.25) is 0 Å². The fraction of sp³-hybridized carbons (Fsp3) is 0.143. The molecule has 0 spiro atoms. The molecule has 1 heterocycles. The molecule has 136 valence electrons. The summed E-state index contributed by atoms with van der Waals surface area (Å²) in [5.41, 5.74) is 3.76. The zero-order valence-electron chi connectivity index (χ0n) is 15.2. The van der Waals surface area contributed by atoms with Crippen LogP contribution in [0.5, 0.6) is 11.5 Å². The average Bonchev–Trinajstić information content (AvgIpc) is 3.00. The van der Waals surface area contributed by atoms with E-state index in [1.807, 2.05) is 36.4 Å². The minimum absolute atomic E-state index is 0.482. The third-order valence-corrected chi connectivity index (χ3v) is 4.90. The van der Waals surface area contributed by atoms with Crippen molar-refractivity contribution in [3.05, 3.63) is 66.2 Å². The molecule has 6 heteroatoms. The molecule has 0 unspecified atom stereocenters. The Morgan fingerprint density at radius 1 is 0.778 bits per heavy atom. The Labute approximate surface area is 157 Å². The molecule has 1 aromatic heterocycles. The van der Waals surface area contributed by atoms with E-state index in [0.29, 0.717) is 12.0 Å². The van der Waals surface area contributed by atoms with Gasteiger partial charge in [0.2, 0.25) is 0 Å². The van der Waals surface area contributed by atoms with Crippen LogP contribution in [0.15, 0.2) is 60.7 Å². The summed E-state index contributed by atoms with van der Waals surface area (Å²) in [6.07, 6.45) is 0. The molecule has 5 nitrogen and oxygen atoms in total. The lowest BCUT2D eigenvalue weighted by Gasteiger charge is -2.09. The Bertz CT molecular complexity index is 1040. The van der Waals surface area contributed by atoms with Gasteiger partial charge in [-0.25, -0.2) is 0 Å². The van der Waals surface area contributed by atoms with E-state index in [1.54, 1.807) is 26.4 Å². The zero-order chi connectivity index (χ0) is 19.0. The van der Waals surface area contributed by atoms with Gasteiger partial charge in [-0.05, 0) is 47.4 Å². The van der Waals surface area contributed by atoms with Crippen LogP contribution in [0, 0.1) is 0 Å². The second kappa shape index (κ2) is 6.98. The van der Waals surface area contributed by atoms with E-state index >= 15 is 0 Å². The molecule has 0 aliphatic heterocycles. The molecule has 2 N–H and O–H groups in total. The van der Waals surface area contributed by atoms with Gasteiger partial charge < -0.3 is 24.1 Å². The van der Waals surface area contributed by atoms with Crippen molar-refractivity contribution in [1.29, 1.82) is 0 Å². The Hall–Kier alpha value is -2.96. The van der Waals surface area contributed by atoms with E-state index in [2.05, 4.69) is 16.7 Å². The van der Waals surface area contributed by atoms with Gasteiger partial charge in [0.25, 0.3) is 0 Å². The summed E-state index contributed by atoms with van der Waals surface area (Å²) in [6, 6.07) is 19.4. The Kier molecular flexibility index (Phi) is 4.52. The van der Waals surface area contributed by atoms with Gasteiger partial charge in [0.15, 0.2) is 0 Å². The van der Waals surface area contributed by atoms with Gasteiger partial charge in [-0.2, -0.15) is 0 Å². The first-order valence-corrected chi connectivity index (χ1v) is 8.69. The molecule has 0 atom stereocenters. The third-order valence-electron chi connectivity index (χ3n) is 4.90. The number of nitrogens with zero attached hydrogens (tertiary/aromatic N) is 1. The van der Waals surface area contributed by atoms with Gasteiger partial charge in [0.1, 0.15) is 11.5 Å². The second-order valence-corrected chi connectivity index (χ2v) is 6.47. The van der Waals surface area contributed by atoms with Crippen LogP contribution in [0.3, 0.4) is 0 Å². The topological polar surface area (TPSA) is 63.9 Å². The Morgan fingerprint density at radius 2 is 1.30 bits per heavy atom. The van der Waals surface area contributed by atoms with Crippen LogP contribution in [-0.2, 0) is 6.54 Å². The van der Waals surface area contributed by atoms with E-state index in [-0.39, 0.29) is 0 Å². The molecule has 0 aliphatic carbocycles. The van der Waals surface area contributed by atoms with Crippen molar-refractivity contribution in [2.45, 2.75) is 6.54 Å². The number of benzene rings is 3. The molecule has 4 aromatic rings. The monoisotopic (exact) mass is 361 g/mol. The molecular formula is C21H20BNO4. The average molecular weight is 361 g/mol. The normalized spacial score (nSPS) is 11.1. The smallest absolute Gasteiger partial charge is 0.488 e. The van der Waals surface area contributed by atoms with Crippen molar-refractivity contribution in [2.24, 2.45) is 0 Å². The lowest BCUT2D eigenvalue weighted by Crippen LogP contribution is -2.29. The molecule has 4 rings (SSSR count). The first-order chi connectivity index (χ1) is 13.1. The van der Waals surface area contributed by atoms with Crippen molar-refractivity contribution >= 4 is 34.4 Å². The van der Waals surface area contributed by atoms with Crippen LogP contribution in [0.25, 0.3) is 21.8 Å².